The highest BCUT2D eigenvalue weighted by molar-refractivity contribution is 5.97. The van der Waals surface area contributed by atoms with Gasteiger partial charge in [0.15, 0.2) is 0 Å². The van der Waals surface area contributed by atoms with Crippen LogP contribution in [0.25, 0.3) is 0 Å². The number of carbonyl (C=O) groups excluding carboxylic acids is 2. The number of aromatic hydroxyl groups is 1. The van der Waals surface area contributed by atoms with Crippen LogP contribution in [0.1, 0.15) is 23.2 Å². The molecule has 1 aromatic carbocycles. The first-order chi connectivity index (χ1) is 9.50. The summed E-state index contributed by atoms with van der Waals surface area (Å²) >= 11 is 0. The molecule has 1 aliphatic rings. The van der Waals surface area contributed by atoms with E-state index in [-0.39, 0.29) is 23.5 Å². The highest BCUT2D eigenvalue weighted by atomic mass is 16.3. The first-order valence-corrected chi connectivity index (χ1v) is 6.79. The number of carbonyl (C=O) groups is 2. The van der Waals surface area contributed by atoms with E-state index in [9.17, 15) is 14.7 Å². The first-order valence-electron chi connectivity index (χ1n) is 6.79. The van der Waals surface area contributed by atoms with Gasteiger partial charge in [-0.1, -0.05) is 12.1 Å². The maximum absolute atomic E-state index is 12.4. The van der Waals surface area contributed by atoms with Gasteiger partial charge in [0.2, 0.25) is 5.91 Å². The first kappa shape index (κ1) is 14.4. The predicted molar refractivity (Wildman–Crippen MR) is 75.4 cm³/mol. The van der Waals surface area contributed by atoms with E-state index in [4.69, 9.17) is 0 Å². The van der Waals surface area contributed by atoms with E-state index in [1.165, 1.54) is 6.07 Å². The van der Waals surface area contributed by atoms with E-state index >= 15 is 0 Å². The Bertz CT molecular complexity index is 514. The second kappa shape index (κ2) is 5.94. The van der Waals surface area contributed by atoms with Crippen LogP contribution in [0.2, 0.25) is 0 Å². The van der Waals surface area contributed by atoms with Gasteiger partial charge >= 0.3 is 0 Å². The second-order valence-electron chi connectivity index (χ2n) is 5.34. The summed E-state index contributed by atoms with van der Waals surface area (Å²) in [7, 11) is 3.46. The molecule has 0 spiro atoms. The fourth-order valence-electron chi connectivity index (χ4n) is 2.55. The normalized spacial score (nSPS) is 18.7. The van der Waals surface area contributed by atoms with Crippen molar-refractivity contribution in [3.63, 3.8) is 0 Å². The van der Waals surface area contributed by atoms with Gasteiger partial charge in [-0.3, -0.25) is 9.59 Å². The lowest BCUT2D eigenvalue weighted by Gasteiger charge is -2.33. The third-order valence-electron chi connectivity index (χ3n) is 3.63. The van der Waals surface area contributed by atoms with Gasteiger partial charge in [0.05, 0.1) is 11.5 Å². The molecule has 0 saturated carbocycles. The monoisotopic (exact) mass is 276 g/mol. The Labute approximate surface area is 118 Å². The zero-order valence-electron chi connectivity index (χ0n) is 11.9. The lowest BCUT2D eigenvalue weighted by molar-refractivity contribution is -0.134. The summed E-state index contributed by atoms with van der Waals surface area (Å²) in [6.07, 6.45) is 1.62. The van der Waals surface area contributed by atoms with Crippen LogP contribution in [0.3, 0.4) is 0 Å². The summed E-state index contributed by atoms with van der Waals surface area (Å²) in [5.74, 6) is -0.314. The van der Waals surface area contributed by atoms with Crippen molar-refractivity contribution >= 4 is 11.8 Å². The largest absolute Gasteiger partial charge is 0.507 e. The molecule has 0 aliphatic carbocycles. The number of rotatable bonds is 2. The Morgan fingerprint density at radius 3 is 2.65 bits per heavy atom. The fraction of sp³-hybridized carbons (Fsp3) is 0.467. The zero-order valence-corrected chi connectivity index (χ0v) is 11.9. The molecule has 0 radical (unpaired) electrons. The maximum atomic E-state index is 12.4. The molecule has 1 aromatic rings. The van der Waals surface area contributed by atoms with E-state index in [0.717, 1.165) is 12.8 Å². The van der Waals surface area contributed by atoms with E-state index in [0.29, 0.717) is 18.7 Å². The van der Waals surface area contributed by atoms with Gasteiger partial charge in [-0.2, -0.15) is 0 Å². The molecule has 1 atom stereocenters. The Balaban J connectivity index is 2.11. The van der Waals surface area contributed by atoms with E-state index < -0.39 is 0 Å². The van der Waals surface area contributed by atoms with Crippen molar-refractivity contribution in [1.82, 2.24) is 9.80 Å². The van der Waals surface area contributed by atoms with Crippen molar-refractivity contribution in [2.24, 2.45) is 5.92 Å². The standard InChI is InChI=1S/C15H20N2O3/c1-16(2)14(19)11-6-5-9-17(10-11)15(20)12-7-3-4-8-13(12)18/h3-4,7-8,11,18H,5-6,9-10H2,1-2H3/t11-/m0/s1. The zero-order chi connectivity index (χ0) is 14.7. The van der Waals surface area contributed by atoms with Gasteiger partial charge < -0.3 is 14.9 Å². The summed E-state index contributed by atoms with van der Waals surface area (Å²) in [5, 5.41) is 9.75. The highest BCUT2D eigenvalue weighted by Crippen LogP contribution is 2.23. The number of amides is 2. The van der Waals surface area contributed by atoms with Crippen LogP contribution in [0.4, 0.5) is 0 Å². The average molecular weight is 276 g/mol. The number of hydrogen-bond acceptors (Lipinski definition) is 3. The van der Waals surface area contributed by atoms with E-state index in [1.807, 2.05) is 0 Å². The Morgan fingerprint density at radius 2 is 2.00 bits per heavy atom. The molecule has 5 heteroatoms. The van der Waals surface area contributed by atoms with Crippen LogP contribution in [0.5, 0.6) is 5.75 Å². The van der Waals surface area contributed by atoms with E-state index in [2.05, 4.69) is 0 Å². The topological polar surface area (TPSA) is 60.9 Å². The maximum Gasteiger partial charge on any atom is 0.257 e. The molecule has 20 heavy (non-hydrogen) atoms. The minimum Gasteiger partial charge on any atom is -0.507 e. The molecule has 0 unspecified atom stereocenters. The lowest BCUT2D eigenvalue weighted by Crippen LogP contribution is -2.45. The second-order valence-corrected chi connectivity index (χ2v) is 5.34. The molecule has 108 valence electrons. The Hall–Kier alpha value is -2.04. The van der Waals surface area contributed by atoms with Gasteiger partial charge in [0.1, 0.15) is 5.75 Å². The Morgan fingerprint density at radius 1 is 1.30 bits per heavy atom. The number of likely N-dealkylation sites (tertiary alicyclic amines) is 1. The molecule has 1 saturated heterocycles. The number of piperidine rings is 1. The van der Waals surface area contributed by atoms with Crippen molar-refractivity contribution in [3.8, 4) is 5.75 Å². The summed E-state index contributed by atoms with van der Waals surface area (Å²) in [6.45, 7) is 1.05. The molecule has 1 heterocycles. The molecule has 1 aliphatic heterocycles. The molecule has 5 nitrogen and oxygen atoms in total. The van der Waals surface area contributed by atoms with Gasteiger partial charge in [0, 0.05) is 27.2 Å². The molecule has 2 amide bonds. The fourth-order valence-corrected chi connectivity index (χ4v) is 2.55. The number of para-hydroxylation sites is 1. The molecule has 1 fully saturated rings. The summed E-state index contributed by atoms with van der Waals surface area (Å²) in [4.78, 5) is 27.6. The van der Waals surface area contributed by atoms with Crippen LogP contribution in [-0.2, 0) is 4.79 Å². The molecular formula is C15H20N2O3. The minimum absolute atomic E-state index is 0.0152. The third kappa shape index (κ3) is 2.92. The van der Waals surface area contributed by atoms with Crippen LogP contribution in [0.15, 0.2) is 24.3 Å². The van der Waals surface area contributed by atoms with E-state index in [1.54, 1.807) is 42.1 Å². The van der Waals surface area contributed by atoms with Crippen molar-refractivity contribution in [3.05, 3.63) is 29.8 Å². The highest BCUT2D eigenvalue weighted by Gasteiger charge is 2.30. The molecule has 0 aromatic heterocycles. The van der Waals surface area contributed by atoms with Crippen molar-refractivity contribution in [2.45, 2.75) is 12.8 Å². The van der Waals surface area contributed by atoms with Crippen LogP contribution < -0.4 is 0 Å². The number of hydrogen-bond donors (Lipinski definition) is 1. The molecule has 0 bridgehead atoms. The summed E-state index contributed by atoms with van der Waals surface area (Å²) in [6, 6.07) is 6.51. The van der Waals surface area contributed by atoms with Crippen molar-refractivity contribution in [1.29, 1.82) is 0 Å². The van der Waals surface area contributed by atoms with Crippen LogP contribution in [-0.4, -0.2) is 53.9 Å². The minimum atomic E-state index is -0.209. The summed E-state index contributed by atoms with van der Waals surface area (Å²) < 4.78 is 0. The summed E-state index contributed by atoms with van der Waals surface area (Å²) in [5.41, 5.74) is 0.297. The third-order valence-corrected chi connectivity index (χ3v) is 3.63. The van der Waals surface area contributed by atoms with Crippen molar-refractivity contribution < 1.29 is 14.7 Å². The van der Waals surface area contributed by atoms with Gasteiger partial charge in [0.25, 0.3) is 5.91 Å². The average Bonchev–Trinajstić information content (AvgIpc) is 2.46. The van der Waals surface area contributed by atoms with Crippen LogP contribution >= 0.6 is 0 Å². The SMILES string of the molecule is CN(C)C(=O)[C@H]1CCCN(C(=O)c2ccccc2O)C1. The van der Waals surface area contributed by atoms with Gasteiger partial charge in [-0.05, 0) is 25.0 Å². The predicted octanol–water partition coefficient (Wildman–Crippen LogP) is 1.33. The Kier molecular flexibility index (Phi) is 4.27. The quantitative estimate of drug-likeness (QED) is 0.886. The van der Waals surface area contributed by atoms with Gasteiger partial charge in [-0.25, -0.2) is 0 Å². The number of phenolic OH excluding ortho intramolecular Hbond substituents is 1. The van der Waals surface area contributed by atoms with Gasteiger partial charge in [-0.15, -0.1) is 0 Å². The van der Waals surface area contributed by atoms with Crippen molar-refractivity contribution in [2.75, 3.05) is 27.2 Å². The van der Waals surface area contributed by atoms with Crippen LogP contribution in [0, 0.1) is 5.92 Å². The lowest BCUT2D eigenvalue weighted by atomic mass is 9.96. The number of phenols is 1. The molecule has 2 rings (SSSR count). The molecule has 1 N–H and O–H groups in total. The smallest absolute Gasteiger partial charge is 0.257 e. The number of nitrogens with zero attached hydrogens (tertiary/aromatic N) is 2. The number of benzene rings is 1. The molecular weight excluding hydrogens is 256 g/mol.